The molecule has 0 bridgehead atoms. The number of aryl methyl sites for hydroxylation is 1. The maximum atomic E-state index is 12.5. The molecule has 1 N–H and O–H groups in total. The fourth-order valence-electron chi connectivity index (χ4n) is 2.56. The lowest BCUT2D eigenvalue weighted by atomic mass is 10.0. The number of carboxylic acid groups (broad SMARTS) is 1. The zero-order chi connectivity index (χ0) is 14.7. The summed E-state index contributed by atoms with van der Waals surface area (Å²) < 4.78 is 10.4. The van der Waals surface area contributed by atoms with E-state index in [-0.39, 0.29) is 12.5 Å². The smallest absolute Gasteiger partial charge is 0.326 e. The van der Waals surface area contributed by atoms with Crippen LogP contribution in [0.15, 0.2) is 10.5 Å². The fourth-order valence-corrected chi connectivity index (χ4v) is 2.56. The van der Waals surface area contributed by atoms with Crippen molar-refractivity contribution in [1.29, 1.82) is 0 Å². The number of methoxy groups -OCH3 is 1. The Morgan fingerprint density at radius 2 is 2.25 bits per heavy atom. The number of aliphatic carboxylic acids is 1. The van der Waals surface area contributed by atoms with Crippen LogP contribution in [0.2, 0.25) is 0 Å². The minimum atomic E-state index is -0.948. The first-order valence-corrected chi connectivity index (χ1v) is 6.66. The SMILES string of the molecule is COCc1cc(C(=O)N2CCCC[C@@H]2C(=O)O)c(C)o1. The molecule has 0 aromatic carbocycles. The number of carbonyl (C=O) groups excluding carboxylic acids is 1. The molecule has 6 heteroatoms. The van der Waals surface area contributed by atoms with E-state index in [0.29, 0.717) is 30.0 Å². The molecule has 2 rings (SSSR count). The third kappa shape index (κ3) is 2.85. The summed E-state index contributed by atoms with van der Waals surface area (Å²) in [5.74, 6) is -0.161. The highest BCUT2D eigenvalue weighted by Gasteiger charge is 2.33. The number of hydrogen-bond acceptors (Lipinski definition) is 4. The zero-order valence-electron chi connectivity index (χ0n) is 11.7. The standard InChI is InChI=1S/C14H19NO5/c1-9-11(7-10(20-9)8-19-2)13(16)15-6-4-3-5-12(15)14(17)18/h7,12H,3-6,8H2,1-2H3,(H,17,18)/t12-/m1/s1. The van der Waals surface area contributed by atoms with Crippen molar-refractivity contribution in [3.05, 3.63) is 23.2 Å². The molecule has 1 aliphatic rings. The first-order chi connectivity index (χ1) is 9.54. The van der Waals surface area contributed by atoms with Crippen LogP contribution < -0.4 is 0 Å². The summed E-state index contributed by atoms with van der Waals surface area (Å²) in [7, 11) is 1.55. The van der Waals surface area contributed by atoms with Gasteiger partial charge in [-0.05, 0) is 32.3 Å². The van der Waals surface area contributed by atoms with Crippen molar-refractivity contribution in [1.82, 2.24) is 4.90 Å². The molecule has 1 aromatic heterocycles. The molecule has 2 heterocycles. The fraction of sp³-hybridized carbons (Fsp3) is 0.571. The van der Waals surface area contributed by atoms with E-state index >= 15 is 0 Å². The Morgan fingerprint density at radius 1 is 1.50 bits per heavy atom. The number of hydrogen-bond donors (Lipinski definition) is 1. The van der Waals surface area contributed by atoms with Crippen LogP contribution in [-0.4, -0.2) is 41.6 Å². The van der Waals surface area contributed by atoms with Crippen LogP contribution in [0.25, 0.3) is 0 Å². The lowest BCUT2D eigenvalue weighted by Gasteiger charge is -2.32. The predicted molar refractivity (Wildman–Crippen MR) is 70.5 cm³/mol. The Kier molecular flexibility index (Phi) is 4.44. The van der Waals surface area contributed by atoms with Crippen molar-refractivity contribution >= 4 is 11.9 Å². The summed E-state index contributed by atoms with van der Waals surface area (Å²) in [6, 6.07) is 0.894. The Morgan fingerprint density at radius 3 is 2.90 bits per heavy atom. The number of piperidine rings is 1. The topological polar surface area (TPSA) is 80.0 Å². The van der Waals surface area contributed by atoms with Crippen LogP contribution in [0.4, 0.5) is 0 Å². The van der Waals surface area contributed by atoms with E-state index in [1.54, 1.807) is 20.1 Å². The van der Waals surface area contributed by atoms with Crippen molar-refractivity contribution in [2.75, 3.05) is 13.7 Å². The maximum Gasteiger partial charge on any atom is 0.326 e. The van der Waals surface area contributed by atoms with Gasteiger partial charge in [-0.25, -0.2) is 4.79 Å². The Balaban J connectivity index is 2.22. The van der Waals surface area contributed by atoms with Crippen molar-refractivity contribution in [3.8, 4) is 0 Å². The molecule has 1 fully saturated rings. The first-order valence-electron chi connectivity index (χ1n) is 6.66. The average molecular weight is 281 g/mol. The van der Waals surface area contributed by atoms with E-state index < -0.39 is 12.0 Å². The molecule has 1 saturated heterocycles. The summed E-state index contributed by atoms with van der Waals surface area (Å²) in [5, 5.41) is 9.23. The zero-order valence-corrected chi connectivity index (χ0v) is 11.7. The largest absolute Gasteiger partial charge is 0.480 e. The lowest BCUT2D eigenvalue weighted by molar-refractivity contribution is -0.143. The van der Waals surface area contributed by atoms with E-state index in [0.717, 1.165) is 12.8 Å². The van der Waals surface area contributed by atoms with Gasteiger partial charge in [-0.2, -0.15) is 0 Å². The quantitative estimate of drug-likeness (QED) is 0.910. The van der Waals surface area contributed by atoms with Crippen molar-refractivity contribution in [2.24, 2.45) is 0 Å². The molecule has 0 saturated carbocycles. The van der Waals surface area contributed by atoms with Gasteiger partial charge in [-0.15, -0.1) is 0 Å². The second-order valence-electron chi connectivity index (χ2n) is 4.96. The Bertz CT molecular complexity index is 508. The predicted octanol–water partition coefficient (Wildman–Crippen LogP) is 1.81. The number of furan rings is 1. The van der Waals surface area contributed by atoms with Gasteiger partial charge in [0.2, 0.25) is 0 Å². The van der Waals surface area contributed by atoms with Crippen LogP contribution in [0.5, 0.6) is 0 Å². The van der Waals surface area contributed by atoms with Gasteiger partial charge < -0.3 is 19.2 Å². The second-order valence-corrected chi connectivity index (χ2v) is 4.96. The number of nitrogens with zero attached hydrogens (tertiary/aromatic N) is 1. The molecule has 20 heavy (non-hydrogen) atoms. The first kappa shape index (κ1) is 14.6. The highest BCUT2D eigenvalue weighted by molar-refractivity contribution is 5.97. The molecule has 0 radical (unpaired) electrons. The van der Waals surface area contributed by atoms with E-state index in [1.807, 2.05) is 0 Å². The van der Waals surface area contributed by atoms with Crippen LogP contribution in [0.3, 0.4) is 0 Å². The summed E-state index contributed by atoms with van der Waals surface area (Å²) in [4.78, 5) is 25.2. The number of amides is 1. The molecule has 110 valence electrons. The van der Waals surface area contributed by atoms with Gasteiger partial charge in [0.05, 0.1) is 5.56 Å². The molecule has 1 aliphatic heterocycles. The summed E-state index contributed by atoms with van der Waals surface area (Å²) in [5.41, 5.74) is 0.421. The van der Waals surface area contributed by atoms with E-state index in [9.17, 15) is 14.7 Å². The van der Waals surface area contributed by atoms with Gasteiger partial charge in [0.15, 0.2) is 0 Å². The monoisotopic (exact) mass is 281 g/mol. The van der Waals surface area contributed by atoms with Crippen LogP contribution >= 0.6 is 0 Å². The number of ether oxygens (including phenoxy) is 1. The summed E-state index contributed by atoms with van der Waals surface area (Å²) in [6.45, 7) is 2.46. The average Bonchev–Trinajstić information content (AvgIpc) is 2.79. The molecule has 1 amide bonds. The molecule has 6 nitrogen and oxygen atoms in total. The number of rotatable bonds is 4. The van der Waals surface area contributed by atoms with Gasteiger partial charge in [-0.3, -0.25) is 4.79 Å². The number of likely N-dealkylation sites (tertiary alicyclic amines) is 1. The lowest BCUT2D eigenvalue weighted by Crippen LogP contribution is -2.48. The highest BCUT2D eigenvalue weighted by atomic mass is 16.5. The van der Waals surface area contributed by atoms with Crippen molar-refractivity contribution in [2.45, 2.75) is 38.8 Å². The van der Waals surface area contributed by atoms with Gasteiger partial charge in [0, 0.05) is 13.7 Å². The minimum absolute atomic E-state index is 0.277. The van der Waals surface area contributed by atoms with Gasteiger partial charge in [0.1, 0.15) is 24.2 Å². The normalized spacial score (nSPS) is 19.1. The Hall–Kier alpha value is -1.82. The Labute approximate surface area is 117 Å². The van der Waals surface area contributed by atoms with Gasteiger partial charge in [0.25, 0.3) is 5.91 Å². The highest BCUT2D eigenvalue weighted by Crippen LogP contribution is 2.23. The molecular formula is C14H19NO5. The minimum Gasteiger partial charge on any atom is -0.480 e. The third-order valence-corrected chi connectivity index (χ3v) is 3.53. The van der Waals surface area contributed by atoms with E-state index in [4.69, 9.17) is 9.15 Å². The van der Waals surface area contributed by atoms with Gasteiger partial charge in [-0.1, -0.05) is 0 Å². The third-order valence-electron chi connectivity index (χ3n) is 3.53. The second kappa shape index (κ2) is 6.09. The maximum absolute atomic E-state index is 12.5. The molecule has 1 atom stereocenters. The molecule has 0 unspecified atom stereocenters. The van der Waals surface area contributed by atoms with Crippen LogP contribution in [0.1, 0.15) is 41.1 Å². The van der Waals surface area contributed by atoms with Crippen LogP contribution in [-0.2, 0) is 16.1 Å². The summed E-state index contributed by atoms with van der Waals surface area (Å²) >= 11 is 0. The number of carboxylic acids is 1. The molecule has 1 aromatic rings. The molecule has 0 spiro atoms. The van der Waals surface area contributed by atoms with Gasteiger partial charge >= 0.3 is 5.97 Å². The van der Waals surface area contributed by atoms with Crippen molar-refractivity contribution < 1.29 is 23.8 Å². The van der Waals surface area contributed by atoms with E-state index in [1.165, 1.54) is 4.90 Å². The van der Waals surface area contributed by atoms with Crippen LogP contribution in [0, 0.1) is 6.92 Å². The molecule has 0 aliphatic carbocycles. The molecular weight excluding hydrogens is 262 g/mol. The van der Waals surface area contributed by atoms with Crippen molar-refractivity contribution in [3.63, 3.8) is 0 Å². The summed E-state index contributed by atoms with van der Waals surface area (Å²) in [6.07, 6.45) is 2.17. The van der Waals surface area contributed by atoms with E-state index in [2.05, 4.69) is 0 Å². The number of carbonyl (C=O) groups is 2.